The molecule has 3 rings (SSSR count). The van der Waals surface area contributed by atoms with Gasteiger partial charge in [0.25, 0.3) is 0 Å². The Morgan fingerprint density at radius 2 is 1.95 bits per heavy atom. The summed E-state index contributed by atoms with van der Waals surface area (Å²) >= 11 is 3.52. The molecule has 3 aromatic rings. The number of aromatic nitrogens is 1. The van der Waals surface area contributed by atoms with Crippen molar-refractivity contribution in [3.63, 3.8) is 0 Å². The molecule has 100 valence electrons. The summed E-state index contributed by atoms with van der Waals surface area (Å²) in [5, 5.41) is 11.6. The van der Waals surface area contributed by atoms with E-state index in [0.29, 0.717) is 0 Å². The second kappa shape index (κ2) is 5.35. The molecule has 0 fully saturated rings. The number of hydrogen-bond acceptors (Lipinski definition) is 2. The lowest BCUT2D eigenvalue weighted by molar-refractivity contribution is 0.219. The van der Waals surface area contributed by atoms with Gasteiger partial charge in [-0.05, 0) is 41.8 Å². The summed E-state index contributed by atoms with van der Waals surface area (Å²) < 4.78 is 0.922. The maximum absolute atomic E-state index is 10.6. The van der Waals surface area contributed by atoms with Crippen molar-refractivity contribution in [3.05, 3.63) is 75.9 Å². The molecule has 1 aromatic heterocycles. The SMILES string of the molecule is Cc1ccc(C(O)c2ccc3cccnc3c2)c(Br)c1. The van der Waals surface area contributed by atoms with Gasteiger partial charge in [0.05, 0.1) is 5.52 Å². The fourth-order valence-corrected chi connectivity index (χ4v) is 3.00. The van der Waals surface area contributed by atoms with Crippen LogP contribution in [0.3, 0.4) is 0 Å². The van der Waals surface area contributed by atoms with E-state index in [2.05, 4.69) is 20.9 Å². The standard InChI is InChI=1S/C17H14BrNO/c1-11-4-7-14(15(18)9-11)17(20)13-6-5-12-3-2-8-19-16(12)10-13/h2-10,17,20H,1H3. The van der Waals surface area contributed by atoms with Crippen LogP contribution in [0, 0.1) is 6.92 Å². The second-order valence-corrected chi connectivity index (χ2v) is 5.74. The van der Waals surface area contributed by atoms with Crippen LogP contribution < -0.4 is 0 Å². The van der Waals surface area contributed by atoms with Gasteiger partial charge in [-0.25, -0.2) is 0 Å². The molecule has 0 aliphatic carbocycles. The Hall–Kier alpha value is -1.71. The Bertz CT molecular complexity index is 770. The van der Waals surface area contributed by atoms with Gasteiger partial charge < -0.3 is 5.11 Å². The van der Waals surface area contributed by atoms with Gasteiger partial charge in [-0.3, -0.25) is 4.98 Å². The van der Waals surface area contributed by atoms with Crippen molar-refractivity contribution in [3.8, 4) is 0 Å². The minimum atomic E-state index is -0.656. The number of benzene rings is 2. The van der Waals surface area contributed by atoms with Gasteiger partial charge in [-0.2, -0.15) is 0 Å². The van der Waals surface area contributed by atoms with Crippen LogP contribution in [0.4, 0.5) is 0 Å². The number of aliphatic hydroxyl groups excluding tert-OH is 1. The zero-order valence-electron chi connectivity index (χ0n) is 11.0. The quantitative estimate of drug-likeness (QED) is 0.757. The third-order valence-corrected chi connectivity index (χ3v) is 4.08. The Balaban J connectivity index is 2.05. The average molecular weight is 328 g/mol. The van der Waals surface area contributed by atoms with Gasteiger partial charge in [-0.1, -0.05) is 46.3 Å². The Labute approximate surface area is 126 Å². The molecule has 2 aromatic carbocycles. The lowest BCUT2D eigenvalue weighted by Crippen LogP contribution is -2.01. The Kier molecular flexibility index (Phi) is 3.55. The highest BCUT2D eigenvalue weighted by Crippen LogP contribution is 2.30. The van der Waals surface area contributed by atoms with Crippen molar-refractivity contribution in [1.29, 1.82) is 0 Å². The van der Waals surface area contributed by atoms with Crippen LogP contribution >= 0.6 is 15.9 Å². The maximum Gasteiger partial charge on any atom is 0.105 e. The monoisotopic (exact) mass is 327 g/mol. The number of rotatable bonds is 2. The number of hydrogen-bond donors (Lipinski definition) is 1. The fourth-order valence-electron chi connectivity index (χ4n) is 2.29. The largest absolute Gasteiger partial charge is 0.384 e. The number of fused-ring (bicyclic) bond motifs is 1. The average Bonchev–Trinajstić information content (AvgIpc) is 2.46. The van der Waals surface area contributed by atoms with E-state index in [1.165, 1.54) is 0 Å². The van der Waals surface area contributed by atoms with Crippen molar-refractivity contribution in [2.45, 2.75) is 13.0 Å². The summed E-state index contributed by atoms with van der Waals surface area (Å²) in [4.78, 5) is 4.33. The first-order chi connectivity index (χ1) is 9.65. The summed E-state index contributed by atoms with van der Waals surface area (Å²) in [6, 6.07) is 15.8. The molecule has 0 radical (unpaired) electrons. The van der Waals surface area contributed by atoms with Gasteiger partial charge in [0.15, 0.2) is 0 Å². The van der Waals surface area contributed by atoms with Crippen molar-refractivity contribution < 1.29 is 5.11 Å². The lowest BCUT2D eigenvalue weighted by Gasteiger charge is -2.14. The molecule has 20 heavy (non-hydrogen) atoms. The van der Waals surface area contributed by atoms with E-state index in [4.69, 9.17) is 0 Å². The van der Waals surface area contributed by atoms with Crippen molar-refractivity contribution in [1.82, 2.24) is 4.98 Å². The molecule has 1 heterocycles. The second-order valence-electron chi connectivity index (χ2n) is 4.88. The molecule has 1 unspecified atom stereocenters. The third kappa shape index (κ3) is 2.47. The molecule has 2 nitrogen and oxygen atoms in total. The summed E-state index contributed by atoms with van der Waals surface area (Å²) in [6.07, 6.45) is 1.11. The molecule has 0 aliphatic heterocycles. The highest BCUT2D eigenvalue weighted by Gasteiger charge is 2.14. The minimum Gasteiger partial charge on any atom is -0.384 e. The van der Waals surface area contributed by atoms with Crippen LogP contribution in [-0.4, -0.2) is 10.1 Å². The van der Waals surface area contributed by atoms with Crippen LogP contribution in [0.15, 0.2) is 59.2 Å². The van der Waals surface area contributed by atoms with Gasteiger partial charge in [0.1, 0.15) is 6.10 Å². The molecule has 3 heteroatoms. The van der Waals surface area contributed by atoms with E-state index in [-0.39, 0.29) is 0 Å². The highest BCUT2D eigenvalue weighted by atomic mass is 79.9. The van der Waals surface area contributed by atoms with Gasteiger partial charge in [-0.15, -0.1) is 0 Å². The van der Waals surface area contributed by atoms with Crippen molar-refractivity contribution in [2.24, 2.45) is 0 Å². The molecule has 1 atom stereocenters. The van der Waals surface area contributed by atoms with Crippen LogP contribution in [0.1, 0.15) is 22.8 Å². The van der Waals surface area contributed by atoms with Crippen LogP contribution in [0.2, 0.25) is 0 Å². The minimum absolute atomic E-state index is 0.656. The number of nitrogens with zero attached hydrogens (tertiary/aromatic N) is 1. The smallest absolute Gasteiger partial charge is 0.105 e. The molecular weight excluding hydrogens is 314 g/mol. The number of pyridine rings is 1. The van der Waals surface area contributed by atoms with Crippen molar-refractivity contribution in [2.75, 3.05) is 0 Å². The zero-order valence-corrected chi connectivity index (χ0v) is 12.6. The summed E-state index contributed by atoms with van der Waals surface area (Å²) in [5.41, 5.74) is 3.77. The summed E-state index contributed by atoms with van der Waals surface area (Å²) in [6.45, 7) is 2.03. The first-order valence-corrected chi connectivity index (χ1v) is 7.23. The van der Waals surface area contributed by atoms with Crippen LogP contribution in [-0.2, 0) is 0 Å². The molecule has 0 amide bonds. The van der Waals surface area contributed by atoms with Gasteiger partial charge in [0.2, 0.25) is 0 Å². The molecule has 0 spiro atoms. The molecule has 0 bridgehead atoms. The van der Waals surface area contributed by atoms with Gasteiger partial charge in [0, 0.05) is 16.1 Å². The zero-order chi connectivity index (χ0) is 14.1. The molecule has 0 aliphatic rings. The van der Waals surface area contributed by atoms with E-state index < -0.39 is 6.10 Å². The van der Waals surface area contributed by atoms with E-state index in [0.717, 1.165) is 32.1 Å². The number of halogens is 1. The van der Waals surface area contributed by atoms with E-state index in [9.17, 15) is 5.11 Å². The van der Waals surface area contributed by atoms with E-state index in [1.54, 1.807) is 6.20 Å². The predicted octanol–water partition coefficient (Wildman–Crippen LogP) is 4.39. The highest BCUT2D eigenvalue weighted by molar-refractivity contribution is 9.10. The third-order valence-electron chi connectivity index (χ3n) is 3.40. The fraction of sp³-hybridized carbons (Fsp3) is 0.118. The van der Waals surface area contributed by atoms with E-state index in [1.807, 2.05) is 55.5 Å². The van der Waals surface area contributed by atoms with Crippen LogP contribution in [0.25, 0.3) is 10.9 Å². The summed E-state index contributed by atoms with van der Waals surface area (Å²) in [5.74, 6) is 0. The van der Waals surface area contributed by atoms with E-state index >= 15 is 0 Å². The first kappa shape index (κ1) is 13.3. The predicted molar refractivity (Wildman–Crippen MR) is 84.7 cm³/mol. The molecule has 0 saturated carbocycles. The number of aryl methyl sites for hydroxylation is 1. The first-order valence-electron chi connectivity index (χ1n) is 6.44. The lowest BCUT2D eigenvalue weighted by atomic mass is 9.99. The Morgan fingerprint density at radius 3 is 2.75 bits per heavy atom. The summed E-state index contributed by atoms with van der Waals surface area (Å²) in [7, 11) is 0. The molecule has 0 saturated heterocycles. The van der Waals surface area contributed by atoms with Crippen LogP contribution in [0.5, 0.6) is 0 Å². The normalized spacial score (nSPS) is 12.6. The topological polar surface area (TPSA) is 33.1 Å². The number of aliphatic hydroxyl groups is 1. The Morgan fingerprint density at radius 1 is 1.10 bits per heavy atom. The van der Waals surface area contributed by atoms with Crippen molar-refractivity contribution >= 4 is 26.8 Å². The molecular formula is C17H14BrNO. The molecule has 1 N–H and O–H groups in total. The van der Waals surface area contributed by atoms with Gasteiger partial charge >= 0.3 is 0 Å². The maximum atomic E-state index is 10.6.